The molecule has 1 N–H and O–H groups in total. The summed E-state index contributed by atoms with van der Waals surface area (Å²) in [5, 5.41) is 10.4. The number of pyridine rings is 1. The number of hydrogen-bond donors (Lipinski definition) is 1. The molecule has 7 heteroatoms. The van der Waals surface area contributed by atoms with E-state index in [0.717, 1.165) is 22.2 Å². The molecule has 0 saturated heterocycles. The van der Waals surface area contributed by atoms with Gasteiger partial charge in [-0.3, -0.25) is 4.79 Å². The third kappa shape index (κ3) is 3.50. The number of benzene rings is 1. The first kappa shape index (κ1) is 17.5. The number of ether oxygens (including phenoxy) is 1. The van der Waals surface area contributed by atoms with Crippen LogP contribution in [0.5, 0.6) is 11.5 Å². The molecular weight excluding hydrogens is 367 g/mol. The van der Waals surface area contributed by atoms with E-state index < -0.39 is 5.82 Å². The lowest BCUT2D eigenvalue weighted by atomic mass is 10.1. The Morgan fingerprint density at radius 1 is 1.30 bits per heavy atom. The minimum atomic E-state index is -0.489. The molecule has 0 bridgehead atoms. The molecule has 0 atom stereocenters. The van der Waals surface area contributed by atoms with Gasteiger partial charge in [0, 0.05) is 21.9 Å². The predicted molar refractivity (Wildman–Crippen MR) is 101 cm³/mol. The topological polar surface area (TPSA) is 62.7 Å². The zero-order valence-corrected chi connectivity index (χ0v) is 15.4. The zero-order valence-electron chi connectivity index (χ0n) is 14.6. The van der Waals surface area contributed by atoms with E-state index in [1.807, 2.05) is 25.1 Å². The number of aromatic hydroxyl groups is 1. The largest absolute Gasteiger partial charge is 0.504 e. The highest BCUT2D eigenvalue weighted by Gasteiger charge is 2.24. The van der Waals surface area contributed by atoms with Crippen LogP contribution < -0.4 is 4.74 Å². The summed E-state index contributed by atoms with van der Waals surface area (Å²) >= 11 is 1.63. The fraction of sp³-hybridized carbons (Fsp3) is 0.200. The second-order valence-electron chi connectivity index (χ2n) is 6.33. The van der Waals surface area contributed by atoms with Crippen molar-refractivity contribution >= 4 is 17.2 Å². The predicted octanol–water partition coefficient (Wildman–Crippen LogP) is 4.00. The van der Waals surface area contributed by atoms with Crippen molar-refractivity contribution in [2.75, 3.05) is 13.2 Å². The van der Waals surface area contributed by atoms with E-state index in [1.165, 1.54) is 17.0 Å². The van der Waals surface area contributed by atoms with E-state index >= 15 is 0 Å². The molecule has 2 aromatic heterocycles. The number of carbonyl (C=O) groups is 1. The summed E-state index contributed by atoms with van der Waals surface area (Å²) in [5.74, 6) is -0.336. The van der Waals surface area contributed by atoms with Crippen LogP contribution in [-0.2, 0) is 6.54 Å². The molecule has 0 spiro atoms. The second kappa shape index (κ2) is 7.00. The summed E-state index contributed by atoms with van der Waals surface area (Å²) in [5.41, 5.74) is 1.78. The van der Waals surface area contributed by atoms with Crippen molar-refractivity contribution in [2.24, 2.45) is 0 Å². The highest BCUT2D eigenvalue weighted by atomic mass is 32.1. The Labute approximate surface area is 159 Å². The molecule has 3 heterocycles. The van der Waals surface area contributed by atoms with E-state index in [1.54, 1.807) is 22.3 Å². The van der Waals surface area contributed by atoms with Gasteiger partial charge in [-0.15, -0.1) is 11.3 Å². The smallest absolute Gasteiger partial charge is 0.272 e. The first-order valence-corrected chi connectivity index (χ1v) is 9.29. The maximum absolute atomic E-state index is 13.1. The van der Waals surface area contributed by atoms with Gasteiger partial charge < -0.3 is 14.7 Å². The third-order valence-electron chi connectivity index (χ3n) is 4.37. The number of phenols is 1. The molecule has 1 amide bonds. The molecule has 1 aliphatic heterocycles. The molecule has 138 valence electrons. The van der Waals surface area contributed by atoms with Gasteiger partial charge in [0.1, 0.15) is 18.1 Å². The molecule has 0 unspecified atom stereocenters. The van der Waals surface area contributed by atoms with Gasteiger partial charge >= 0.3 is 0 Å². The highest BCUT2D eigenvalue weighted by Crippen LogP contribution is 2.39. The molecule has 0 radical (unpaired) electrons. The fourth-order valence-electron chi connectivity index (χ4n) is 3.07. The van der Waals surface area contributed by atoms with Gasteiger partial charge in [-0.25, -0.2) is 9.37 Å². The second-order valence-corrected chi connectivity index (χ2v) is 7.62. The third-order valence-corrected chi connectivity index (χ3v) is 5.42. The number of carbonyl (C=O) groups excluding carboxylic acids is 1. The van der Waals surface area contributed by atoms with Crippen molar-refractivity contribution in [3.8, 4) is 21.9 Å². The fourth-order valence-corrected chi connectivity index (χ4v) is 3.92. The Morgan fingerprint density at radius 3 is 2.85 bits per heavy atom. The van der Waals surface area contributed by atoms with Crippen LogP contribution in [0, 0.1) is 12.7 Å². The average molecular weight is 384 g/mol. The Morgan fingerprint density at radius 2 is 2.15 bits per heavy atom. The van der Waals surface area contributed by atoms with Gasteiger partial charge in [-0.05, 0) is 48.9 Å². The van der Waals surface area contributed by atoms with Crippen LogP contribution in [0.25, 0.3) is 10.4 Å². The number of thiophene rings is 1. The quantitative estimate of drug-likeness (QED) is 0.726. The molecule has 1 aromatic carbocycles. The minimum Gasteiger partial charge on any atom is -0.504 e. The summed E-state index contributed by atoms with van der Waals surface area (Å²) in [7, 11) is 0. The van der Waals surface area contributed by atoms with Crippen molar-refractivity contribution in [3.05, 3.63) is 64.5 Å². The molecule has 0 saturated carbocycles. The summed E-state index contributed by atoms with van der Waals surface area (Å²) in [6.45, 7) is 2.90. The van der Waals surface area contributed by atoms with E-state index in [0.29, 0.717) is 12.3 Å². The Kier molecular flexibility index (Phi) is 4.53. The Balaban J connectivity index is 1.67. The minimum absolute atomic E-state index is 0.0581. The lowest BCUT2D eigenvalue weighted by molar-refractivity contribution is 0.0727. The number of fused-ring (bicyclic) bond motifs is 1. The van der Waals surface area contributed by atoms with Crippen molar-refractivity contribution in [1.82, 2.24) is 9.88 Å². The van der Waals surface area contributed by atoms with Gasteiger partial charge in [0.25, 0.3) is 5.91 Å². The molecule has 3 aromatic rings. The number of phenolic OH excluding ortho intramolecular Hbond substituents is 1. The SMILES string of the molecule is Cc1ccc(-c2cc(O)c3c(c2)CN(C(=O)c2ccc(F)cn2)CCO3)s1. The van der Waals surface area contributed by atoms with Crippen LogP contribution in [0.2, 0.25) is 0 Å². The Bertz CT molecular complexity index is 1000. The molecule has 4 rings (SSSR count). The number of rotatable bonds is 2. The average Bonchev–Trinajstić information content (AvgIpc) is 2.97. The molecule has 1 aliphatic rings. The number of hydrogen-bond acceptors (Lipinski definition) is 5. The summed E-state index contributed by atoms with van der Waals surface area (Å²) in [6.07, 6.45) is 1.03. The summed E-state index contributed by atoms with van der Waals surface area (Å²) in [4.78, 5) is 20.4. The van der Waals surface area contributed by atoms with Crippen molar-refractivity contribution in [1.29, 1.82) is 0 Å². The maximum atomic E-state index is 13.1. The standard InChI is InChI=1S/C20H17FN2O3S/c1-12-2-5-18(27-12)13-8-14-11-23(6-7-26-19(14)17(24)9-13)20(25)16-4-3-15(21)10-22-16/h2-5,8-10,24H,6-7,11H2,1H3. The van der Waals surface area contributed by atoms with E-state index in [9.17, 15) is 14.3 Å². The molecular formula is C20H17FN2O3S. The van der Waals surface area contributed by atoms with Gasteiger partial charge in [0.05, 0.1) is 12.7 Å². The normalized spacial score (nSPS) is 13.6. The molecule has 0 aliphatic carbocycles. The first-order valence-electron chi connectivity index (χ1n) is 8.47. The molecule has 27 heavy (non-hydrogen) atoms. The van der Waals surface area contributed by atoms with Crippen LogP contribution >= 0.6 is 11.3 Å². The van der Waals surface area contributed by atoms with Crippen LogP contribution in [0.4, 0.5) is 4.39 Å². The van der Waals surface area contributed by atoms with Gasteiger partial charge in [0.2, 0.25) is 0 Å². The number of nitrogens with zero attached hydrogens (tertiary/aromatic N) is 2. The van der Waals surface area contributed by atoms with Crippen LogP contribution in [0.3, 0.4) is 0 Å². The summed E-state index contributed by atoms with van der Waals surface area (Å²) in [6, 6.07) is 10.2. The zero-order chi connectivity index (χ0) is 19.0. The monoisotopic (exact) mass is 384 g/mol. The van der Waals surface area contributed by atoms with E-state index in [-0.39, 0.29) is 30.5 Å². The van der Waals surface area contributed by atoms with Gasteiger partial charge in [0.15, 0.2) is 11.5 Å². The van der Waals surface area contributed by atoms with E-state index in [4.69, 9.17) is 4.74 Å². The number of amides is 1. The Hall–Kier alpha value is -2.93. The number of halogens is 1. The van der Waals surface area contributed by atoms with E-state index in [2.05, 4.69) is 4.98 Å². The van der Waals surface area contributed by atoms with Crippen molar-refractivity contribution < 1.29 is 19.0 Å². The first-order chi connectivity index (χ1) is 13.0. The maximum Gasteiger partial charge on any atom is 0.272 e. The van der Waals surface area contributed by atoms with Crippen molar-refractivity contribution in [2.45, 2.75) is 13.5 Å². The van der Waals surface area contributed by atoms with Gasteiger partial charge in [-0.2, -0.15) is 0 Å². The highest BCUT2D eigenvalue weighted by molar-refractivity contribution is 7.15. The van der Waals surface area contributed by atoms with Crippen molar-refractivity contribution in [3.63, 3.8) is 0 Å². The lowest BCUT2D eigenvalue weighted by Gasteiger charge is -2.19. The van der Waals surface area contributed by atoms with Crippen LogP contribution in [-0.4, -0.2) is 34.0 Å². The number of aryl methyl sites for hydroxylation is 1. The van der Waals surface area contributed by atoms with Crippen LogP contribution in [0.15, 0.2) is 42.6 Å². The van der Waals surface area contributed by atoms with Gasteiger partial charge in [-0.1, -0.05) is 0 Å². The van der Waals surface area contributed by atoms with Crippen LogP contribution in [0.1, 0.15) is 20.9 Å². The molecule has 5 nitrogen and oxygen atoms in total. The lowest BCUT2D eigenvalue weighted by Crippen LogP contribution is -2.33. The molecule has 0 fully saturated rings. The number of aromatic nitrogens is 1. The summed E-state index contributed by atoms with van der Waals surface area (Å²) < 4.78 is 18.8.